The molecule has 0 heterocycles. The van der Waals surface area contributed by atoms with E-state index < -0.39 is 11.0 Å². The Morgan fingerprint density at radius 1 is 0.960 bits per heavy atom. The molecule has 0 saturated carbocycles. The van der Waals surface area contributed by atoms with Gasteiger partial charge in [0.05, 0.1) is 5.57 Å². The standard InChI is InChI=1S/C22H20O3/c1-21(2,3)20(24)18-17(23)12-22(25)16-11-7-6-9-14(16)13-8-4-5-10-15(13)19(18)22/h4-11,25H,12H2,1-3H3. The highest BCUT2D eigenvalue weighted by atomic mass is 16.3. The summed E-state index contributed by atoms with van der Waals surface area (Å²) >= 11 is 0. The van der Waals surface area contributed by atoms with Gasteiger partial charge in [-0.05, 0) is 22.3 Å². The fourth-order valence-corrected chi connectivity index (χ4v) is 3.97. The predicted octanol–water partition coefficient (Wildman–Crippen LogP) is 3.90. The Bertz CT molecular complexity index is 959. The number of hydrogen-bond donors (Lipinski definition) is 1. The van der Waals surface area contributed by atoms with Crippen LogP contribution in [0.1, 0.15) is 38.3 Å². The fourth-order valence-electron chi connectivity index (χ4n) is 3.97. The van der Waals surface area contributed by atoms with Gasteiger partial charge in [-0.15, -0.1) is 0 Å². The Hall–Kier alpha value is -2.52. The number of allylic oxidation sites excluding steroid dienone is 1. The lowest BCUT2D eigenvalue weighted by Crippen LogP contribution is -2.29. The number of carbonyl (C=O) groups excluding carboxylic acids is 2. The lowest BCUT2D eigenvalue weighted by atomic mass is 9.72. The normalized spacial score (nSPS) is 21.7. The average Bonchev–Trinajstić information content (AvgIpc) is 2.85. The zero-order valence-electron chi connectivity index (χ0n) is 14.6. The van der Waals surface area contributed by atoms with Crippen molar-refractivity contribution < 1.29 is 14.7 Å². The highest BCUT2D eigenvalue weighted by Crippen LogP contribution is 2.55. The Kier molecular flexibility index (Phi) is 3.19. The Balaban J connectivity index is 2.12. The minimum Gasteiger partial charge on any atom is -0.380 e. The van der Waals surface area contributed by atoms with Crippen LogP contribution in [0.15, 0.2) is 54.1 Å². The predicted molar refractivity (Wildman–Crippen MR) is 96.8 cm³/mol. The average molecular weight is 332 g/mol. The fraction of sp³-hybridized carbons (Fsp3) is 0.273. The first-order valence-electron chi connectivity index (χ1n) is 8.49. The maximum atomic E-state index is 13.0. The van der Waals surface area contributed by atoms with E-state index in [0.29, 0.717) is 11.1 Å². The van der Waals surface area contributed by atoms with Gasteiger partial charge in [0.1, 0.15) is 5.60 Å². The summed E-state index contributed by atoms with van der Waals surface area (Å²) in [4.78, 5) is 25.8. The maximum absolute atomic E-state index is 13.0. The smallest absolute Gasteiger partial charge is 0.172 e. The number of benzene rings is 2. The van der Waals surface area contributed by atoms with Crippen molar-refractivity contribution in [2.45, 2.75) is 32.8 Å². The van der Waals surface area contributed by atoms with Crippen LogP contribution in [0.5, 0.6) is 0 Å². The zero-order chi connectivity index (χ0) is 18.0. The first-order chi connectivity index (χ1) is 11.7. The topological polar surface area (TPSA) is 54.4 Å². The number of fused-ring (bicyclic) bond motifs is 6. The quantitative estimate of drug-likeness (QED) is 0.806. The van der Waals surface area contributed by atoms with E-state index in [1.807, 2.05) is 48.5 Å². The van der Waals surface area contributed by atoms with Gasteiger partial charge in [-0.3, -0.25) is 9.59 Å². The van der Waals surface area contributed by atoms with E-state index >= 15 is 0 Å². The number of aliphatic hydroxyl groups is 1. The molecule has 25 heavy (non-hydrogen) atoms. The molecule has 0 amide bonds. The van der Waals surface area contributed by atoms with Crippen LogP contribution in [0.25, 0.3) is 16.7 Å². The molecule has 1 unspecified atom stereocenters. The molecule has 3 heteroatoms. The van der Waals surface area contributed by atoms with Crippen molar-refractivity contribution in [2.24, 2.45) is 5.41 Å². The Morgan fingerprint density at radius 3 is 2.16 bits per heavy atom. The second-order valence-corrected chi connectivity index (χ2v) is 7.88. The highest BCUT2D eigenvalue weighted by molar-refractivity contribution is 6.31. The van der Waals surface area contributed by atoms with Crippen LogP contribution >= 0.6 is 0 Å². The molecule has 2 aromatic carbocycles. The molecule has 0 bridgehead atoms. The van der Waals surface area contributed by atoms with Gasteiger partial charge in [0, 0.05) is 17.4 Å². The molecule has 126 valence electrons. The van der Waals surface area contributed by atoms with Gasteiger partial charge in [0.25, 0.3) is 0 Å². The number of carbonyl (C=O) groups is 2. The van der Waals surface area contributed by atoms with Crippen molar-refractivity contribution >= 4 is 17.1 Å². The van der Waals surface area contributed by atoms with E-state index in [1.165, 1.54) is 0 Å². The third-order valence-electron chi connectivity index (χ3n) is 5.13. The number of ketones is 2. The van der Waals surface area contributed by atoms with Gasteiger partial charge in [0.15, 0.2) is 11.6 Å². The molecule has 2 aromatic rings. The maximum Gasteiger partial charge on any atom is 0.172 e. The van der Waals surface area contributed by atoms with Crippen molar-refractivity contribution in [3.05, 3.63) is 65.2 Å². The second kappa shape index (κ2) is 4.99. The summed E-state index contributed by atoms with van der Waals surface area (Å²) in [5, 5.41) is 11.5. The largest absolute Gasteiger partial charge is 0.380 e. The SMILES string of the molecule is CC(C)(C)C(=O)C1=C2c3ccccc3-c3ccccc3C2(O)CC1=O. The van der Waals surface area contributed by atoms with E-state index in [-0.39, 0.29) is 23.6 Å². The zero-order valence-corrected chi connectivity index (χ0v) is 14.6. The molecule has 1 atom stereocenters. The molecule has 3 nitrogen and oxygen atoms in total. The van der Waals surface area contributed by atoms with Crippen molar-refractivity contribution in [1.82, 2.24) is 0 Å². The van der Waals surface area contributed by atoms with E-state index in [2.05, 4.69) is 0 Å². The van der Waals surface area contributed by atoms with Gasteiger partial charge >= 0.3 is 0 Å². The van der Waals surface area contributed by atoms with Crippen LogP contribution in [-0.2, 0) is 15.2 Å². The van der Waals surface area contributed by atoms with Crippen LogP contribution in [0.4, 0.5) is 0 Å². The van der Waals surface area contributed by atoms with Gasteiger partial charge in [-0.2, -0.15) is 0 Å². The molecule has 0 fully saturated rings. The monoisotopic (exact) mass is 332 g/mol. The van der Waals surface area contributed by atoms with Crippen LogP contribution in [0, 0.1) is 5.41 Å². The molecule has 0 saturated heterocycles. The molecule has 0 aromatic heterocycles. The molecular weight excluding hydrogens is 312 g/mol. The van der Waals surface area contributed by atoms with E-state index in [9.17, 15) is 14.7 Å². The summed E-state index contributed by atoms with van der Waals surface area (Å²) in [6, 6.07) is 15.3. The Morgan fingerprint density at radius 2 is 1.52 bits per heavy atom. The highest BCUT2D eigenvalue weighted by Gasteiger charge is 2.52. The van der Waals surface area contributed by atoms with E-state index in [4.69, 9.17) is 0 Å². The van der Waals surface area contributed by atoms with Gasteiger partial charge in [0.2, 0.25) is 0 Å². The molecule has 2 aliphatic carbocycles. The van der Waals surface area contributed by atoms with Crippen LogP contribution < -0.4 is 0 Å². The minimum absolute atomic E-state index is 0.0785. The van der Waals surface area contributed by atoms with Gasteiger partial charge in [-0.25, -0.2) is 0 Å². The van der Waals surface area contributed by atoms with Crippen LogP contribution in [0.3, 0.4) is 0 Å². The molecule has 0 spiro atoms. The van der Waals surface area contributed by atoms with Gasteiger partial charge in [-0.1, -0.05) is 69.3 Å². The molecule has 4 rings (SSSR count). The number of Topliss-reactive ketones (excluding diaryl/α,β-unsaturated/α-hetero) is 2. The molecule has 2 aliphatic rings. The molecular formula is C22H20O3. The van der Waals surface area contributed by atoms with E-state index in [0.717, 1.165) is 16.7 Å². The number of hydrogen-bond acceptors (Lipinski definition) is 3. The van der Waals surface area contributed by atoms with Crippen molar-refractivity contribution in [3.63, 3.8) is 0 Å². The summed E-state index contributed by atoms with van der Waals surface area (Å²) < 4.78 is 0. The number of rotatable bonds is 1. The molecule has 0 radical (unpaired) electrons. The first-order valence-corrected chi connectivity index (χ1v) is 8.49. The summed E-state index contributed by atoms with van der Waals surface area (Å²) in [7, 11) is 0. The molecule has 0 aliphatic heterocycles. The summed E-state index contributed by atoms with van der Waals surface area (Å²) in [5.41, 5.74) is 1.88. The van der Waals surface area contributed by atoms with Crippen molar-refractivity contribution in [1.29, 1.82) is 0 Å². The summed E-state index contributed by atoms with van der Waals surface area (Å²) in [6.45, 7) is 5.41. The van der Waals surface area contributed by atoms with Crippen molar-refractivity contribution in [3.8, 4) is 11.1 Å². The minimum atomic E-state index is -1.43. The first kappa shape index (κ1) is 16.0. The van der Waals surface area contributed by atoms with Gasteiger partial charge < -0.3 is 5.11 Å². The molecule has 1 N–H and O–H groups in total. The second-order valence-electron chi connectivity index (χ2n) is 7.88. The van der Waals surface area contributed by atoms with Crippen molar-refractivity contribution in [2.75, 3.05) is 0 Å². The summed E-state index contributed by atoms with van der Waals surface area (Å²) in [6.07, 6.45) is -0.0785. The Labute approximate surface area is 147 Å². The van der Waals surface area contributed by atoms with E-state index in [1.54, 1.807) is 20.8 Å². The lowest BCUT2D eigenvalue weighted by Gasteiger charge is -2.35. The van der Waals surface area contributed by atoms with Crippen LogP contribution in [0.2, 0.25) is 0 Å². The summed E-state index contributed by atoms with van der Waals surface area (Å²) in [5.74, 6) is -0.485. The van der Waals surface area contributed by atoms with Crippen LogP contribution in [-0.4, -0.2) is 16.7 Å². The lowest BCUT2D eigenvalue weighted by molar-refractivity contribution is -0.126. The third-order valence-corrected chi connectivity index (χ3v) is 5.13. The third kappa shape index (κ3) is 2.09.